The molecular formula is C22H15NO7. The molecule has 3 rings (SSSR count). The Morgan fingerprint density at radius 3 is 2.30 bits per heavy atom. The number of hydrogen-bond acceptors (Lipinski definition) is 7. The molecule has 0 radical (unpaired) electrons. The van der Waals surface area contributed by atoms with E-state index in [1.165, 1.54) is 42.5 Å². The number of methoxy groups -OCH3 is 1. The minimum Gasteiger partial charge on any atom is -0.463 e. The predicted octanol–water partition coefficient (Wildman–Crippen LogP) is 3.86. The minimum atomic E-state index is -1.20. The van der Waals surface area contributed by atoms with Crippen molar-refractivity contribution in [1.29, 1.82) is 0 Å². The van der Waals surface area contributed by atoms with Crippen LogP contribution in [-0.2, 0) is 14.3 Å². The lowest BCUT2D eigenvalue weighted by Gasteiger charge is -2.04. The molecule has 0 aliphatic carbocycles. The number of rotatable bonds is 7. The lowest BCUT2D eigenvalue weighted by Crippen LogP contribution is -2.22. The first-order valence-electron chi connectivity index (χ1n) is 8.70. The maximum Gasteiger partial charge on any atom is 0.379 e. The fourth-order valence-corrected chi connectivity index (χ4v) is 2.74. The fraction of sp³-hybridized carbons (Fsp3) is 0.0455. The minimum absolute atomic E-state index is 0.0692. The molecule has 8 nitrogen and oxygen atoms in total. The Morgan fingerprint density at radius 2 is 1.63 bits per heavy atom. The van der Waals surface area contributed by atoms with Gasteiger partial charge < -0.3 is 9.15 Å². The van der Waals surface area contributed by atoms with Gasteiger partial charge in [0.15, 0.2) is 5.78 Å². The van der Waals surface area contributed by atoms with Crippen molar-refractivity contribution in [3.8, 4) is 11.3 Å². The highest BCUT2D eigenvalue weighted by molar-refractivity contribution is 6.50. The number of carbonyl (C=O) groups is 3. The average molecular weight is 405 g/mol. The number of Topliss-reactive ketones (excluding diaryl/α,β-unsaturated/α-hetero) is 2. The van der Waals surface area contributed by atoms with Crippen LogP contribution in [0.4, 0.5) is 5.69 Å². The van der Waals surface area contributed by atoms with E-state index in [9.17, 15) is 24.5 Å². The van der Waals surface area contributed by atoms with Gasteiger partial charge in [-0.05, 0) is 24.3 Å². The fourth-order valence-electron chi connectivity index (χ4n) is 2.74. The molecule has 0 saturated carbocycles. The van der Waals surface area contributed by atoms with E-state index >= 15 is 0 Å². The number of esters is 1. The number of nitro benzene ring substituents is 1. The summed E-state index contributed by atoms with van der Waals surface area (Å²) in [6.07, 6.45) is 1.12. The van der Waals surface area contributed by atoms with Crippen molar-refractivity contribution in [2.45, 2.75) is 0 Å². The second-order valence-electron chi connectivity index (χ2n) is 6.05. The summed E-state index contributed by atoms with van der Waals surface area (Å²) in [7, 11) is 1.03. The summed E-state index contributed by atoms with van der Waals surface area (Å²) < 4.78 is 10.0. The zero-order valence-electron chi connectivity index (χ0n) is 15.7. The summed E-state index contributed by atoms with van der Waals surface area (Å²) in [6.45, 7) is 0. The van der Waals surface area contributed by atoms with Crippen molar-refractivity contribution >= 4 is 29.3 Å². The van der Waals surface area contributed by atoms with Gasteiger partial charge in [-0.15, -0.1) is 0 Å². The monoisotopic (exact) mass is 405 g/mol. The van der Waals surface area contributed by atoms with Crippen molar-refractivity contribution < 1.29 is 28.5 Å². The molecule has 3 aromatic rings. The number of hydrogen-bond donors (Lipinski definition) is 0. The van der Waals surface area contributed by atoms with Crippen LogP contribution in [-0.4, -0.2) is 29.6 Å². The Bertz CT molecular complexity index is 1160. The number of benzene rings is 2. The van der Waals surface area contributed by atoms with Crippen molar-refractivity contribution in [3.63, 3.8) is 0 Å². The molecule has 1 heterocycles. The van der Waals surface area contributed by atoms with Crippen LogP contribution in [0.1, 0.15) is 16.1 Å². The maximum absolute atomic E-state index is 12.8. The predicted molar refractivity (Wildman–Crippen MR) is 107 cm³/mol. The number of nitrogens with zero attached hydrogens (tertiary/aromatic N) is 1. The molecule has 0 aliphatic heterocycles. The summed E-state index contributed by atoms with van der Waals surface area (Å²) in [6, 6.07) is 16.8. The number of carbonyl (C=O) groups excluding carboxylic acids is 3. The van der Waals surface area contributed by atoms with Gasteiger partial charge in [-0.1, -0.05) is 42.5 Å². The highest BCUT2D eigenvalue weighted by Gasteiger charge is 2.27. The van der Waals surface area contributed by atoms with Crippen LogP contribution < -0.4 is 0 Å². The summed E-state index contributed by atoms with van der Waals surface area (Å²) in [4.78, 5) is 47.7. The lowest BCUT2D eigenvalue weighted by atomic mass is 9.99. The van der Waals surface area contributed by atoms with E-state index in [-0.39, 0.29) is 28.3 Å². The van der Waals surface area contributed by atoms with Crippen molar-refractivity contribution in [3.05, 3.63) is 93.7 Å². The van der Waals surface area contributed by atoms with Gasteiger partial charge in [-0.3, -0.25) is 19.7 Å². The highest BCUT2D eigenvalue weighted by atomic mass is 16.6. The zero-order valence-corrected chi connectivity index (χ0v) is 15.7. The molecule has 0 fully saturated rings. The Balaban J connectivity index is 2.05. The van der Waals surface area contributed by atoms with Gasteiger partial charge in [0.25, 0.3) is 11.5 Å². The number of para-hydroxylation sites is 1. The van der Waals surface area contributed by atoms with Crippen molar-refractivity contribution in [2.24, 2.45) is 0 Å². The molecule has 30 heavy (non-hydrogen) atoms. The largest absolute Gasteiger partial charge is 0.463 e. The molecule has 150 valence electrons. The molecular weight excluding hydrogens is 390 g/mol. The number of ketones is 2. The van der Waals surface area contributed by atoms with Gasteiger partial charge >= 0.3 is 5.97 Å². The topological polar surface area (TPSA) is 117 Å². The summed E-state index contributed by atoms with van der Waals surface area (Å²) in [5.74, 6) is -2.77. The molecule has 0 aliphatic rings. The van der Waals surface area contributed by atoms with Gasteiger partial charge in [-0.25, -0.2) is 4.79 Å². The van der Waals surface area contributed by atoms with E-state index in [1.54, 1.807) is 24.3 Å². The normalized spacial score (nSPS) is 11.0. The molecule has 2 aromatic carbocycles. The van der Waals surface area contributed by atoms with Crippen LogP contribution in [0, 0.1) is 10.1 Å². The average Bonchev–Trinajstić information content (AvgIpc) is 3.25. The molecule has 0 bridgehead atoms. The van der Waals surface area contributed by atoms with Crippen LogP contribution in [0.25, 0.3) is 17.4 Å². The Hall–Kier alpha value is -4.33. The van der Waals surface area contributed by atoms with E-state index in [4.69, 9.17) is 4.42 Å². The molecule has 0 unspecified atom stereocenters. The van der Waals surface area contributed by atoms with E-state index in [1.807, 2.05) is 0 Å². The summed E-state index contributed by atoms with van der Waals surface area (Å²) >= 11 is 0. The van der Waals surface area contributed by atoms with Gasteiger partial charge in [0.05, 0.1) is 23.2 Å². The highest BCUT2D eigenvalue weighted by Crippen LogP contribution is 2.31. The van der Waals surface area contributed by atoms with Crippen molar-refractivity contribution in [1.82, 2.24) is 0 Å². The first kappa shape index (κ1) is 20.4. The third-order valence-electron chi connectivity index (χ3n) is 4.18. The Morgan fingerprint density at radius 1 is 0.967 bits per heavy atom. The molecule has 8 heteroatoms. The number of nitro groups is 1. The van der Waals surface area contributed by atoms with E-state index < -0.39 is 28.0 Å². The van der Waals surface area contributed by atoms with Crippen LogP contribution in [0.5, 0.6) is 0 Å². The number of ether oxygens (including phenoxy) is 1. The summed E-state index contributed by atoms with van der Waals surface area (Å²) in [5.41, 5.74) is -0.172. The van der Waals surface area contributed by atoms with Crippen LogP contribution in [0.15, 0.2) is 76.7 Å². The van der Waals surface area contributed by atoms with Gasteiger partial charge in [0.1, 0.15) is 11.5 Å². The smallest absolute Gasteiger partial charge is 0.379 e. The maximum atomic E-state index is 12.8. The molecule has 0 atom stereocenters. The second kappa shape index (κ2) is 8.78. The van der Waals surface area contributed by atoms with Gasteiger partial charge in [-0.2, -0.15) is 0 Å². The first-order valence-corrected chi connectivity index (χ1v) is 8.70. The van der Waals surface area contributed by atoms with Crippen LogP contribution >= 0.6 is 0 Å². The Kier molecular flexibility index (Phi) is 5.97. The van der Waals surface area contributed by atoms with Crippen molar-refractivity contribution in [2.75, 3.05) is 7.11 Å². The van der Waals surface area contributed by atoms with Gasteiger partial charge in [0.2, 0.25) is 0 Å². The van der Waals surface area contributed by atoms with E-state index in [2.05, 4.69) is 4.74 Å². The third kappa shape index (κ3) is 4.22. The molecule has 0 amide bonds. The third-order valence-corrected chi connectivity index (χ3v) is 4.18. The summed E-state index contributed by atoms with van der Waals surface area (Å²) in [5, 5.41) is 11.2. The Labute approximate surface area is 170 Å². The van der Waals surface area contributed by atoms with Crippen LogP contribution in [0.2, 0.25) is 0 Å². The van der Waals surface area contributed by atoms with E-state index in [0.717, 1.165) is 13.2 Å². The molecule has 1 aromatic heterocycles. The molecule has 0 saturated heterocycles. The quantitative estimate of drug-likeness (QED) is 0.0856. The lowest BCUT2D eigenvalue weighted by molar-refractivity contribution is -0.384. The SMILES string of the molecule is COC(=O)C(=O)/C(=C/c1ccc(-c2ccccc2[N+](=O)[O-])o1)C(=O)c1ccccc1. The first-order chi connectivity index (χ1) is 14.4. The zero-order chi connectivity index (χ0) is 21.7. The number of furan rings is 1. The molecule has 0 spiro atoms. The standard InChI is InChI=1S/C22H15NO7/c1-29-22(26)21(25)17(20(24)14-7-3-2-4-8-14)13-15-11-12-19(30-15)16-9-5-6-10-18(16)23(27)28/h2-13H,1H3/b17-13+. The second-order valence-corrected chi connectivity index (χ2v) is 6.05. The van der Waals surface area contributed by atoms with Gasteiger partial charge in [0, 0.05) is 11.6 Å². The van der Waals surface area contributed by atoms with E-state index in [0.29, 0.717) is 0 Å². The molecule has 0 N–H and O–H groups in total. The van der Waals surface area contributed by atoms with Crippen LogP contribution in [0.3, 0.4) is 0 Å².